The first-order valence-electron chi connectivity index (χ1n) is 6.17. The van der Waals surface area contributed by atoms with Gasteiger partial charge in [0, 0.05) is 23.4 Å². The Hall–Kier alpha value is -1.05. The standard InChI is InChI=1S/C14H17FN2S/c1-18-13-4-3-12(7-13)17-9-11-6-10(8-16)2-5-14(11)15/h2,5-6,12-13,17H,3-4,7,9H2,1H3. The summed E-state index contributed by atoms with van der Waals surface area (Å²) in [6.45, 7) is 0.507. The van der Waals surface area contributed by atoms with E-state index in [0.29, 0.717) is 23.7 Å². The van der Waals surface area contributed by atoms with Gasteiger partial charge in [-0.2, -0.15) is 17.0 Å². The molecule has 0 saturated heterocycles. The zero-order chi connectivity index (χ0) is 13.0. The molecular formula is C14H17FN2S. The first-order valence-corrected chi connectivity index (χ1v) is 7.46. The van der Waals surface area contributed by atoms with Gasteiger partial charge in [-0.3, -0.25) is 0 Å². The quantitative estimate of drug-likeness (QED) is 0.908. The third kappa shape index (κ3) is 3.24. The van der Waals surface area contributed by atoms with Crippen molar-refractivity contribution in [2.24, 2.45) is 0 Å². The molecule has 4 heteroatoms. The third-order valence-electron chi connectivity index (χ3n) is 3.47. The van der Waals surface area contributed by atoms with E-state index < -0.39 is 0 Å². The minimum Gasteiger partial charge on any atom is -0.310 e. The van der Waals surface area contributed by atoms with Crippen LogP contribution in [0.1, 0.15) is 30.4 Å². The fourth-order valence-corrected chi connectivity index (χ4v) is 3.17. The zero-order valence-electron chi connectivity index (χ0n) is 10.4. The topological polar surface area (TPSA) is 35.8 Å². The van der Waals surface area contributed by atoms with Crippen molar-refractivity contribution in [3.63, 3.8) is 0 Å². The second kappa shape index (κ2) is 6.21. The average molecular weight is 264 g/mol. The highest BCUT2D eigenvalue weighted by Crippen LogP contribution is 2.28. The number of hydrogen-bond donors (Lipinski definition) is 1. The Kier molecular flexibility index (Phi) is 4.62. The number of benzene rings is 1. The second-order valence-corrected chi connectivity index (χ2v) is 5.80. The SMILES string of the molecule is CSC1CCC(NCc2cc(C#N)ccc2F)C1. The molecule has 0 amide bonds. The molecule has 0 spiro atoms. The Morgan fingerprint density at radius 1 is 1.50 bits per heavy atom. The monoisotopic (exact) mass is 264 g/mol. The van der Waals surface area contributed by atoms with Crippen LogP contribution in [-0.2, 0) is 6.54 Å². The van der Waals surface area contributed by atoms with Crippen molar-refractivity contribution in [1.29, 1.82) is 5.26 Å². The lowest BCUT2D eigenvalue weighted by molar-refractivity contribution is 0.509. The van der Waals surface area contributed by atoms with Gasteiger partial charge in [-0.05, 0) is 43.7 Å². The molecule has 96 valence electrons. The summed E-state index contributed by atoms with van der Waals surface area (Å²) in [7, 11) is 0. The van der Waals surface area contributed by atoms with E-state index in [2.05, 4.69) is 11.6 Å². The summed E-state index contributed by atoms with van der Waals surface area (Å²) < 4.78 is 13.6. The van der Waals surface area contributed by atoms with Crippen molar-refractivity contribution in [1.82, 2.24) is 5.32 Å². The fourth-order valence-electron chi connectivity index (χ4n) is 2.37. The van der Waals surface area contributed by atoms with Crippen LogP contribution >= 0.6 is 11.8 Å². The molecule has 2 atom stereocenters. The van der Waals surface area contributed by atoms with Gasteiger partial charge >= 0.3 is 0 Å². The summed E-state index contributed by atoms with van der Waals surface area (Å²) in [6.07, 6.45) is 5.69. The highest BCUT2D eigenvalue weighted by molar-refractivity contribution is 7.99. The van der Waals surface area contributed by atoms with Crippen LogP contribution in [0.15, 0.2) is 18.2 Å². The normalized spacial score (nSPS) is 22.9. The van der Waals surface area contributed by atoms with Gasteiger partial charge in [0.05, 0.1) is 11.6 Å². The average Bonchev–Trinajstić information content (AvgIpc) is 2.86. The molecule has 0 radical (unpaired) electrons. The van der Waals surface area contributed by atoms with Crippen LogP contribution in [-0.4, -0.2) is 17.5 Å². The Morgan fingerprint density at radius 2 is 2.33 bits per heavy atom. The van der Waals surface area contributed by atoms with Crippen LogP contribution in [0.2, 0.25) is 0 Å². The number of nitrogens with zero attached hydrogens (tertiary/aromatic N) is 1. The molecule has 1 fully saturated rings. The number of rotatable bonds is 4. The van der Waals surface area contributed by atoms with Gasteiger partial charge in [-0.25, -0.2) is 4.39 Å². The Balaban J connectivity index is 1.92. The molecule has 1 saturated carbocycles. The molecule has 2 rings (SSSR count). The smallest absolute Gasteiger partial charge is 0.127 e. The van der Waals surface area contributed by atoms with Crippen molar-refractivity contribution in [3.8, 4) is 6.07 Å². The van der Waals surface area contributed by atoms with Gasteiger partial charge in [0.25, 0.3) is 0 Å². The Labute approximate surface area is 112 Å². The lowest BCUT2D eigenvalue weighted by atomic mass is 10.1. The van der Waals surface area contributed by atoms with Crippen LogP contribution in [0.4, 0.5) is 4.39 Å². The van der Waals surface area contributed by atoms with Crippen molar-refractivity contribution >= 4 is 11.8 Å². The largest absolute Gasteiger partial charge is 0.310 e. The highest BCUT2D eigenvalue weighted by atomic mass is 32.2. The number of nitriles is 1. The zero-order valence-corrected chi connectivity index (χ0v) is 11.3. The van der Waals surface area contributed by atoms with E-state index in [1.54, 1.807) is 6.07 Å². The molecule has 1 aliphatic carbocycles. The molecule has 18 heavy (non-hydrogen) atoms. The number of thioether (sulfide) groups is 1. The first-order chi connectivity index (χ1) is 8.72. The van der Waals surface area contributed by atoms with E-state index in [-0.39, 0.29) is 5.82 Å². The third-order valence-corrected chi connectivity index (χ3v) is 4.57. The maximum atomic E-state index is 13.6. The summed E-state index contributed by atoms with van der Waals surface area (Å²) in [5.41, 5.74) is 1.10. The molecule has 1 N–H and O–H groups in total. The minimum absolute atomic E-state index is 0.235. The van der Waals surface area contributed by atoms with E-state index in [4.69, 9.17) is 5.26 Å². The summed E-state index contributed by atoms with van der Waals surface area (Å²) in [6, 6.07) is 7.03. The molecule has 1 aromatic carbocycles. The molecular weight excluding hydrogens is 247 g/mol. The van der Waals surface area contributed by atoms with E-state index in [1.807, 2.05) is 17.8 Å². The predicted octanol–water partition coefficient (Wildman–Crippen LogP) is 3.07. The maximum Gasteiger partial charge on any atom is 0.127 e. The van der Waals surface area contributed by atoms with Crippen LogP contribution in [0.5, 0.6) is 0 Å². The summed E-state index contributed by atoms with van der Waals surface area (Å²) in [5.74, 6) is -0.235. The Bertz CT molecular complexity index is 456. The van der Waals surface area contributed by atoms with E-state index in [1.165, 1.54) is 18.6 Å². The molecule has 0 aliphatic heterocycles. The van der Waals surface area contributed by atoms with Crippen molar-refractivity contribution in [3.05, 3.63) is 35.1 Å². The number of nitrogens with one attached hydrogen (secondary N) is 1. The summed E-state index contributed by atoms with van der Waals surface area (Å²) in [5, 5.41) is 12.9. The Morgan fingerprint density at radius 3 is 3.00 bits per heavy atom. The highest BCUT2D eigenvalue weighted by Gasteiger charge is 2.23. The van der Waals surface area contributed by atoms with Gasteiger partial charge < -0.3 is 5.32 Å². The van der Waals surface area contributed by atoms with Gasteiger partial charge in [-0.15, -0.1) is 0 Å². The molecule has 1 aliphatic rings. The van der Waals surface area contributed by atoms with Crippen LogP contribution in [0.25, 0.3) is 0 Å². The van der Waals surface area contributed by atoms with E-state index in [0.717, 1.165) is 18.1 Å². The van der Waals surface area contributed by atoms with Crippen molar-refractivity contribution in [2.45, 2.75) is 37.1 Å². The van der Waals surface area contributed by atoms with Crippen molar-refractivity contribution in [2.75, 3.05) is 6.26 Å². The molecule has 2 nitrogen and oxygen atoms in total. The molecule has 0 aromatic heterocycles. The van der Waals surface area contributed by atoms with Gasteiger partial charge in [0.2, 0.25) is 0 Å². The van der Waals surface area contributed by atoms with Crippen LogP contribution < -0.4 is 5.32 Å². The van der Waals surface area contributed by atoms with Crippen molar-refractivity contribution < 1.29 is 4.39 Å². The van der Waals surface area contributed by atoms with E-state index >= 15 is 0 Å². The predicted molar refractivity (Wildman–Crippen MR) is 72.9 cm³/mol. The molecule has 0 heterocycles. The van der Waals surface area contributed by atoms with Gasteiger partial charge in [0.15, 0.2) is 0 Å². The molecule has 1 aromatic rings. The van der Waals surface area contributed by atoms with Gasteiger partial charge in [-0.1, -0.05) is 0 Å². The molecule has 2 unspecified atom stereocenters. The van der Waals surface area contributed by atoms with Gasteiger partial charge in [0.1, 0.15) is 5.82 Å². The fraction of sp³-hybridized carbons (Fsp3) is 0.500. The molecule has 0 bridgehead atoms. The minimum atomic E-state index is -0.235. The van der Waals surface area contributed by atoms with Crippen LogP contribution in [0.3, 0.4) is 0 Å². The first kappa shape index (κ1) is 13.4. The second-order valence-electron chi connectivity index (χ2n) is 4.67. The summed E-state index contributed by atoms with van der Waals surface area (Å²) >= 11 is 1.91. The van der Waals surface area contributed by atoms with Crippen LogP contribution in [0, 0.1) is 17.1 Å². The number of hydrogen-bond acceptors (Lipinski definition) is 3. The lowest BCUT2D eigenvalue weighted by Crippen LogP contribution is -2.26. The number of halogens is 1. The van der Waals surface area contributed by atoms with E-state index in [9.17, 15) is 4.39 Å². The maximum absolute atomic E-state index is 13.6. The lowest BCUT2D eigenvalue weighted by Gasteiger charge is -2.13. The summed E-state index contributed by atoms with van der Waals surface area (Å²) in [4.78, 5) is 0.